The molecule has 140 valence electrons. The van der Waals surface area contributed by atoms with Crippen LogP contribution in [-0.4, -0.2) is 43.5 Å². The van der Waals surface area contributed by atoms with Crippen molar-refractivity contribution >= 4 is 23.6 Å². The topological polar surface area (TPSA) is 49.9 Å². The van der Waals surface area contributed by atoms with Crippen molar-refractivity contribution in [3.63, 3.8) is 0 Å². The Bertz CT molecular complexity index is 875. The fraction of sp³-hybridized carbons (Fsp3) is 0.273. The zero-order chi connectivity index (χ0) is 19.4. The molecule has 1 atom stereocenters. The van der Waals surface area contributed by atoms with E-state index in [9.17, 15) is 9.59 Å². The van der Waals surface area contributed by atoms with Crippen LogP contribution in [0.4, 0.5) is 5.69 Å². The summed E-state index contributed by atoms with van der Waals surface area (Å²) in [5, 5.41) is 0. The SMILES string of the molecule is COc1cccc(/C=C/C(=O)N(C)CC(=O)N2c3ccccc3CC2C)c1. The molecule has 0 fully saturated rings. The van der Waals surface area contributed by atoms with Crippen LogP contribution in [0.15, 0.2) is 54.6 Å². The first-order valence-corrected chi connectivity index (χ1v) is 8.97. The van der Waals surface area contributed by atoms with Crippen LogP contribution in [0, 0.1) is 0 Å². The third kappa shape index (κ3) is 4.19. The lowest BCUT2D eigenvalue weighted by molar-refractivity contribution is -0.130. The van der Waals surface area contributed by atoms with Gasteiger partial charge in [-0.1, -0.05) is 30.3 Å². The van der Waals surface area contributed by atoms with Crippen LogP contribution in [0.5, 0.6) is 5.75 Å². The molecular weight excluding hydrogens is 340 g/mol. The molecule has 1 unspecified atom stereocenters. The van der Waals surface area contributed by atoms with Gasteiger partial charge in [0.25, 0.3) is 0 Å². The Morgan fingerprint density at radius 3 is 2.78 bits per heavy atom. The average molecular weight is 364 g/mol. The van der Waals surface area contributed by atoms with Crippen molar-refractivity contribution in [1.29, 1.82) is 0 Å². The van der Waals surface area contributed by atoms with E-state index >= 15 is 0 Å². The number of carbonyl (C=O) groups is 2. The van der Waals surface area contributed by atoms with Crippen LogP contribution in [0.25, 0.3) is 6.08 Å². The molecule has 2 aromatic rings. The summed E-state index contributed by atoms with van der Waals surface area (Å²) in [6, 6.07) is 15.5. The minimum Gasteiger partial charge on any atom is -0.497 e. The molecule has 2 amide bonds. The number of hydrogen-bond acceptors (Lipinski definition) is 3. The highest BCUT2D eigenvalue weighted by Crippen LogP contribution is 2.31. The Morgan fingerprint density at radius 2 is 2.00 bits per heavy atom. The fourth-order valence-electron chi connectivity index (χ4n) is 3.34. The van der Waals surface area contributed by atoms with Crippen molar-refractivity contribution in [3.8, 4) is 5.75 Å². The summed E-state index contributed by atoms with van der Waals surface area (Å²) in [6.07, 6.45) is 4.04. The van der Waals surface area contributed by atoms with Gasteiger partial charge in [0.1, 0.15) is 12.3 Å². The van der Waals surface area contributed by atoms with Gasteiger partial charge in [-0.15, -0.1) is 0 Å². The number of nitrogens with zero attached hydrogens (tertiary/aromatic N) is 2. The van der Waals surface area contributed by atoms with Crippen molar-refractivity contribution in [1.82, 2.24) is 4.90 Å². The Hall–Kier alpha value is -3.08. The van der Waals surface area contributed by atoms with Crippen molar-refractivity contribution in [2.75, 3.05) is 25.6 Å². The van der Waals surface area contributed by atoms with Gasteiger partial charge in [-0.2, -0.15) is 0 Å². The third-order valence-corrected chi connectivity index (χ3v) is 4.74. The highest BCUT2D eigenvalue weighted by atomic mass is 16.5. The number of para-hydroxylation sites is 1. The van der Waals surface area contributed by atoms with Gasteiger partial charge in [0, 0.05) is 24.9 Å². The van der Waals surface area contributed by atoms with Gasteiger partial charge in [-0.3, -0.25) is 9.59 Å². The normalized spacial score (nSPS) is 15.7. The lowest BCUT2D eigenvalue weighted by atomic mass is 10.1. The molecule has 2 aromatic carbocycles. The summed E-state index contributed by atoms with van der Waals surface area (Å²) in [7, 11) is 3.24. The molecule has 5 nitrogen and oxygen atoms in total. The predicted octanol–water partition coefficient (Wildman–Crippen LogP) is 3.14. The summed E-state index contributed by atoms with van der Waals surface area (Å²) in [5.41, 5.74) is 2.98. The van der Waals surface area contributed by atoms with E-state index in [0.717, 1.165) is 23.4 Å². The first-order chi connectivity index (χ1) is 13.0. The van der Waals surface area contributed by atoms with Gasteiger partial charge in [-0.25, -0.2) is 0 Å². The average Bonchev–Trinajstić information content (AvgIpc) is 3.01. The minimum absolute atomic E-state index is 0.0416. The van der Waals surface area contributed by atoms with Crippen molar-refractivity contribution in [2.24, 2.45) is 0 Å². The molecular formula is C22H24N2O3. The number of methoxy groups -OCH3 is 1. The number of carbonyl (C=O) groups excluding carboxylic acids is 2. The van der Waals surface area contributed by atoms with Crippen LogP contribution in [-0.2, 0) is 16.0 Å². The van der Waals surface area contributed by atoms with Crippen LogP contribution in [0.2, 0.25) is 0 Å². The molecule has 0 spiro atoms. The van der Waals surface area contributed by atoms with Gasteiger partial charge in [-0.05, 0) is 48.7 Å². The van der Waals surface area contributed by atoms with E-state index in [1.165, 1.54) is 16.5 Å². The van der Waals surface area contributed by atoms with Crippen LogP contribution in [0.3, 0.4) is 0 Å². The number of anilines is 1. The number of hydrogen-bond donors (Lipinski definition) is 0. The lowest BCUT2D eigenvalue weighted by Crippen LogP contribution is -2.43. The van der Waals surface area contributed by atoms with Gasteiger partial charge >= 0.3 is 0 Å². The molecule has 1 aliphatic rings. The highest BCUT2D eigenvalue weighted by molar-refractivity contribution is 6.00. The maximum Gasteiger partial charge on any atom is 0.246 e. The summed E-state index contributed by atoms with van der Waals surface area (Å²) in [6.45, 7) is 2.07. The minimum atomic E-state index is -0.216. The van der Waals surface area contributed by atoms with Crippen LogP contribution >= 0.6 is 0 Å². The number of fused-ring (bicyclic) bond motifs is 1. The Morgan fingerprint density at radius 1 is 1.22 bits per heavy atom. The zero-order valence-corrected chi connectivity index (χ0v) is 15.9. The molecule has 0 saturated carbocycles. The number of amides is 2. The lowest BCUT2D eigenvalue weighted by Gasteiger charge is -2.25. The monoisotopic (exact) mass is 364 g/mol. The summed E-state index contributed by atoms with van der Waals surface area (Å²) in [5.74, 6) is 0.444. The Balaban J connectivity index is 1.64. The highest BCUT2D eigenvalue weighted by Gasteiger charge is 2.31. The largest absolute Gasteiger partial charge is 0.497 e. The number of benzene rings is 2. The van der Waals surface area contributed by atoms with Crippen molar-refractivity contribution < 1.29 is 14.3 Å². The maximum atomic E-state index is 12.8. The van der Waals surface area contributed by atoms with Gasteiger partial charge in [0.2, 0.25) is 11.8 Å². The molecule has 0 aliphatic carbocycles. The molecule has 5 heteroatoms. The zero-order valence-electron chi connectivity index (χ0n) is 15.9. The molecule has 1 aliphatic heterocycles. The molecule has 0 saturated heterocycles. The molecule has 0 N–H and O–H groups in total. The number of likely N-dealkylation sites (N-methyl/N-ethyl adjacent to an activating group) is 1. The Kier molecular flexibility index (Phi) is 5.60. The Labute approximate surface area is 159 Å². The summed E-state index contributed by atoms with van der Waals surface area (Å²) >= 11 is 0. The van der Waals surface area contributed by atoms with Crippen molar-refractivity contribution in [2.45, 2.75) is 19.4 Å². The van der Waals surface area contributed by atoms with Gasteiger partial charge in [0.15, 0.2) is 0 Å². The molecule has 0 aromatic heterocycles. The smallest absolute Gasteiger partial charge is 0.246 e. The predicted molar refractivity (Wildman–Crippen MR) is 107 cm³/mol. The molecule has 0 bridgehead atoms. The van der Waals surface area contributed by atoms with Gasteiger partial charge < -0.3 is 14.5 Å². The van der Waals surface area contributed by atoms with E-state index in [1.54, 1.807) is 25.1 Å². The molecule has 3 rings (SSSR count). The molecule has 1 heterocycles. The third-order valence-electron chi connectivity index (χ3n) is 4.74. The summed E-state index contributed by atoms with van der Waals surface area (Å²) in [4.78, 5) is 28.4. The van der Waals surface area contributed by atoms with Crippen molar-refractivity contribution in [3.05, 3.63) is 65.7 Å². The standard InChI is InChI=1S/C22H24N2O3/c1-16-13-18-8-4-5-10-20(18)24(16)22(26)15-23(2)21(25)12-11-17-7-6-9-19(14-17)27-3/h4-12,14,16H,13,15H2,1-3H3/b12-11+. The molecule has 27 heavy (non-hydrogen) atoms. The number of ether oxygens (including phenoxy) is 1. The second kappa shape index (κ2) is 8.08. The van der Waals surface area contributed by atoms with Crippen LogP contribution < -0.4 is 9.64 Å². The van der Waals surface area contributed by atoms with E-state index in [-0.39, 0.29) is 24.4 Å². The first kappa shape index (κ1) is 18.7. The second-order valence-corrected chi connectivity index (χ2v) is 6.75. The quantitative estimate of drug-likeness (QED) is 0.766. The fourth-order valence-corrected chi connectivity index (χ4v) is 3.34. The number of rotatable bonds is 5. The second-order valence-electron chi connectivity index (χ2n) is 6.75. The maximum absolute atomic E-state index is 12.8. The van der Waals surface area contributed by atoms with E-state index in [2.05, 4.69) is 0 Å². The first-order valence-electron chi connectivity index (χ1n) is 8.97. The van der Waals surface area contributed by atoms with E-state index in [1.807, 2.05) is 55.5 Å². The van der Waals surface area contributed by atoms with E-state index in [4.69, 9.17) is 4.74 Å². The molecule has 0 radical (unpaired) electrons. The van der Waals surface area contributed by atoms with E-state index in [0.29, 0.717) is 0 Å². The summed E-state index contributed by atoms with van der Waals surface area (Å²) < 4.78 is 5.18. The van der Waals surface area contributed by atoms with E-state index < -0.39 is 0 Å². The van der Waals surface area contributed by atoms with Crippen LogP contribution in [0.1, 0.15) is 18.1 Å². The van der Waals surface area contributed by atoms with Gasteiger partial charge in [0.05, 0.1) is 7.11 Å².